The fourth-order valence-corrected chi connectivity index (χ4v) is 1.91. The largest absolute Gasteiger partial charge is 0.491 e. The molecule has 2 heterocycles. The van der Waals surface area contributed by atoms with Gasteiger partial charge in [-0.15, -0.1) is 0 Å². The molecule has 0 radical (unpaired) electrons. The van der Waals surface area contributed by atoms with E-state index in [1.54, 1.807) is 30.3 Å². The molecule has 0 saturated heterocycles. The van der Waals surface area contributed by atoms with Crippen LogP contribution in [0.4, 0.5) is 0 Å². The van der Waals surface area contributed by atoms with Crippen LogP contribution in [0.25, 0.3) is 0 Å². The normalized spacial score (nSPS) is 12.9. The smallest absolute Gasteiger partial charge is 0.439 e. The molecular weight excluding hydrogens is 243 g/mol. The van der Waals surface area contributed by atoms with Gasteiger partial charge in [-0.05, 0) is 29.2 Å². The zero-order chi connectivity index (χ0) is 13.2. The van der Waals surface area contributed by atoms with Gasteiger partial charge in [-0.25, -0.2) is 4.98 Å². The molecule has 5 nitrogen and oxygen atoms in total. The Hall–Kier alpha value is -2.36. The van der Waals surface area contributed by atoms with E-state index in [0.717, 1.165) is 5.56 Å². The van der Waals surface area contributed by atoms with Crippen LogP contribution in [0.2, 0.25) is 0 Å². The molecule has 1 N–H and O–H groups in total. The van der Waals surface area contributed by atoms with Crippen LogP contribution in [0.5, 0.6) is 11.6 Å². The van der Waals surface area contributed by atoms with Gasteiger partial charge in [-0.3, -0.25) is 0 Å². The Morgan fingerprint density at radius 2 is 2.26 bits per heavy atom. The van der Waals surface area contributed by atoms with E-state index in [-0.39, 0.29) is 0 Å². The molecule has 0 atom stereocenters. The van der Waals surface area contributed by atoms with Gasteiger partial charge in [0.15, 0.2) is 0 Å². The zero-order valence-corrected chi connectivity index (χ0v) is 9.91. The minimum atomic E-state index is -0.906. The van der Waals surface area contributed by atoms with Gasteiger partial charge in [0.25, 0.3) is 0 Å². The SMILES string of the molecule is N#Cc1cccc(Oc2ccc3c(c2)B(O)OC3)n1. The lowest BCUT2D eigenvalue weighted by Crippen LogP contribution is -2.27. The van der Waals surface area contributed by atoms with Gasteiger partial charge in [0.1, 0.15) is 17.5 Å². The highest BCUT2D eigenvalue weighted by molar-refractivity contribution is 6.61. The van der Waals surface area contributed by atoms with Crippen LogP contribution in [0.1, 0.15) is 11.3 Å². The highest BCUT2D eigenvalue weighted by Gasteiger charge is 2.27. The van der Waals surface area contributed by atoms with Crippen molar-refractivity contribution in [3.63, 3.8) is 0 Å². The Labute approximate surface area is 110 Å². The molecule has 0 saturated carbocycles. The number of hydrogen-bond acceptors (Lipinski definition) is 5. The van der Waals surface area contributed by atoms with Crippen molar-refractivity contribution in [1.29, 1.82) is 5.26 Å². The van der Waals surface area contributed by atoms with Crippen LogP contribution in [0.3, 0.4) is 0 Å². The van der Waals surface area contributed by atoms with E-state index in [0.29, 0.717) is 29.4 Å². The zero-order valence-electron chi connectivity index (χ0n) is 9.91. The van der Waals surface area contributed by atoms with Gasteiger partial charge in [-0.1, -0.05) is 12.1 Å². The molecule has 1 aliphatic heterocycles. The average molecular weight is 252 g/mol. The summed E-state index contributed by atoms with van der Waals surface area (Å²) in [7, 11) is -0.906. The Kier molecular flexibility index (Phi) is 2.92. The Balaban J connectivity index is 1.88. The lowest BCUT2D eigenvalue weighted by Gasteiger charge is -2.06. The number of aromatic nitrogens is 1. The van der Waals surface area contributed by atoms with E-state index in [9.17, 15) is 5.02 Å². The lowest BCUT2D eigenvalue weighted by atomic mass is 9.79. The summed E-state index contributed by atoms with van der Waals surface area (Å²) in [5, 5.41) is 18.4. The van der Waals surface area contributed by atoms with E-state index in [1.165, 1.54) is 0 Å². The van der Waals surface area contributed by atoms with E-state index in [4.69, 9.17) is 14.7 Å². The van der Waals surface area contributed by atoms with Crippen LogP contribution in [-0.2, 0) is 11.3 Å². The predicted octanol–water partition coefficient (Wildman–Crippen LogP) is 0.963. The first-order chi connectivity index (χ1) is 9.26. The van der Waals surface area contributed by atoms with Crippen molar-refractivity contribution in [1.82, 2.24) is 4.98 Å². The Bertz CT molecular complexity index is 669. The van der Waals surface area contributed by atoms with E-state index < -0.39 is 7.12 Å². The summed E-state index contributed by atoms with van der Waals surface area (Å²) in [5.41, 5.74) is 1.94. The number of hydrogen-bond donors (Lipinski definition) is 1. The highest BCUT2D eigenvalue weighted by atomic mass is 16.5. The molecule has 1 aliphatic rings. The molecule has 0 fully saturated rings. The molecular formula is C13H9BN2O3. The van der Waals surface area contributed by atoms with Crippen molar-refractivity contribution >= 4 is 12.6 Å². The maximum absolute atomic E-state index is 9.62. The van der Waals surface area contributed by atoms with Crippen molar-refractivity contribution in [2.24, 2.45) is 0 Å². The maximum atomic E-state index is 9.62. The van der Waals surface area contributed by atoms with Crippen LogP contribution in [0, 0.1) is 11.3 Å². The molecule has 0 amide bonds. The quantitative estimate of drug-likeness (QED) is 0.805. The molecule has 0 bridgehead atoms. The molecule has 19 heavy (non-hydrogen) atoms. The van der Waals surface area contributed by atoms with Crippen molar-refractivity contribution in [2.45, 2.75) is 6.61 Å². The summed E-state index contributed by atoms with van der Waals surface area (Å²) < 4.78 is 10.7. The first-order valence-corrected chi connectivity index (χ1v) is 5.74. The Morgan fingerprint density at radius 1 is 1.37 bits per heavy atom. The molecule has 0 spiro atoms. The number of ether oxygens (including phenoxy) is 1. The van der Waals surface area contributed by atoms with Gasteiger partial charge in [0, 0.05) is 6.07 Å². The van der Waals surface area contributed by atoms with Gasteiger partial charge >= 0.3 is 7.12 Å². The summed E-state index contributed by atoms with van der Waals surface area (Å²) in [6.45, 7) is 0.402. The third-order valence-electron chi connectivity index (χ3n) is 2.84. The minimum absolute atomic E-state index is 0.294. The standard InChI is InChI=1S/C13H9BN2O3/c15-7-10-2-1-3-13(16-10)19-11-5-4-9-8-18-14(17)12(9)6-11/h1-6,17H,8H2. The monoisotopic (exact) mass is 252 g/mol. The van der Waals surface area contributed by atoms with E-state index in [2.05, 4.69) is 4.98 Å². The van der Waals surface area contributed by atoms with Crippen LogP contribution in [-0.4, -0.2) is 17.1 Å². The van der Waals surface area contributed by atoms with Crippen LogP contribution in [0.15, 0.2) is 36.4 Å². The summed E-state index contributed by atoms with van der Waals surface area (Å²) >= 11 is 0. The van der Waals surface area contributed by atoms with Crippen molar-refractivity contribution in [3.8, 4) is 17.7 Å². The number of nitrogens with zero attached hydrogens (tertiary/aromatic N) is 2. The number of nitriles is 1. The summed E-state index contributed by atoms with van der Waals surface area (Å²) in [6.07, 6.45) is 0. The topological polar surface area (TPSA) is 75.4 Å². The Morgan fingerprint density at radius 3 is 3.11 bits per heavy atom. The summed E-state index contributed by atoms with van der Waals surface area (Å²) in [6, 6.07) is 12.3. The second-order valence-corrected chi connectivity index (χ2v) is 4.10. The molecule has 0 aliphatic carbocycles. The minimum Gasteiger partial charge on any atom is -0.439 e. The van der Waals surface area contributed by atoms with Crippen molar-refractivity contribution in [2.75, 3.05) is 0 Å². The second kappa shape index (κ2) is 4.73. The fourth-order valence-electron chi connectivity index (χ4n) is 1.91. The van der Waals surface area contributed by atoms with Gasteiger partial charge in [0.05, 0.1) is 6.61 Å². The maximum Gasteiger partial charge on any atom is 0.491 e. The first kappa shape index (κ1) is 11.7. The highest BCUT2D eigenvalue weighted by Crippen LogP contribution is 2.21. The van der Waals surface area contributed by atoms with Crippen molar-refractivity contribution < 1.29 is 14.4 Å². The molecule has 1 aromatic carbocycles. The van der Waals surface area contributed by atoms with Crippen molar-refractivity contribution in [3.05, 3.63) is 47.7 Å². The molecule has 6 heteroatoms. The molecule has 1 aromatic heterocycles. The molecule has 3 rings (SSSR count). The van der Waals surface area contributed by atoms with Gasteiger partial charge in [-0.2, -0.15) is 5.26 Å². The number of pyridine rings is 1. The van der Waals surface area contributed by atoms with E-state index in [1.807, 2.05) is 12.1 Å². The number of fused-ring (bicyclic) bond motifs is 1. The number of rotatable bonds is 2. The second-order valence-electron chi connectivity index (χ2n) is 4.10. The summed E-state index contributed by atoms with van der Waals surface area (Å²) in [5.74, 6) is 0.887. The molecule has 2 aromatic rings. The first-order valence-electron chi connectivity index (χ1n) is 5.74. The lowest BCUT2D eigenvalue weighted by molar-refractivity contribution is 0.275. The van der Waals surface area contributed by atoms with Crippen LogP contribution >= 0.6 is 0 Å². The third-order valence-corrected chi connectivity index (χ3v) is 2.84. The average Bonchev–Trinajstić information content (AvgIpc) is 2.80. The van der Waals surface area contributed by atoms with Gasteiger partial charge < -0.3 is 14.4 Å². The van der Waals surface area contributed by atoms with E-state index >= 15 is 0 Å². The van der Waals surface area contributed by atoms with Gasteiger partial charge in [0.2, 0.25) is 5.88 Å². The number of benzene rings is 1. The fraction of sp³-hybridized carbons (Fsp3) is 0.0769. The predicted molar refractivity (Wildman–Crippen MR) is 67.9 cm³/mol. The molecule has 92 valence electrons. The molecule has 0 unspecified atom stereocenters. The summed E-state index contributed by atoms with van der Waals surface area (Å²) in [4.78, 5) is 4.02. The van der Waals surface area contributed by atoms with Crippen LogP contribution < -0.4 is 10.2 Å². The third kappa shape index (κ3) is 2.29.